The first-order valence-electron chi connectivity index (χ1n) is 6.69. The number of aliphatic hydroxyl groups excluding tert-OH is 1. The van der Waals surface area contributed by atoms with Crippen LogP contribution in [-0.4, -0.2) is 17.0 Å². The van der Waals surface area contributed by atoms with Crippen LogP contribution in [0.3, 0.4) is 0 Å². The molecule has 4 heteroatoms. The van der Waals surface area contributed by atoms with Crippen molar-refractivity contribution in [2.24, 2.45) is 0 Å². The van der Waals surface area contributed by atoms with E-state index in [1.165, 1.54) is 6.26 Å². The van der Waals surface area contributed by atoms with Gasteiger partial charge in [0.25, 0.3) is 0 Å². The van der Waals surface area contributed by atoms with E-state index in [1.54, 1.807) is 12.1 Å². The molecule has 2 aromatic rings. The highest BCUT2D eigenvalue weighted by atomic mass is 16.8. The Hall–Kier alpha value is -1.62. The Bertz CT molecular complexity index is 547. The molecule has 1 aliphatic rings. The number of ether oxygens (including phenoxy) is 2. The maximum atomic E-state index is 10.5. The van der Waals surface area contributed by atoms with Gasteiger partial charge in [-0.15, -0.1) is 0 Å². The first kappa shape index (κ1) is 13.4. The molecule has 0 amide bonds. The van der Waals surface area contributed by atoms with E-state index < -0.39 is 18.0 Å². The topological polar surface area (TPSA) is 51.8 Å². The maximum Gasteiger partial charge on any atom is 0.164 e. The highest BCUT2D eigenvalue weighted by Crippen LogP contribution is 2.43. The molecule has 0 spiro atoms. The summed E-state index contributed by atoms with van der Waals surface area (Å²) in [5.74, 6) is -0.254. The molecule has 1 aromatic heterocycles. The Labute approximate surface area is 117 Å². The smallest absolute Gasteiger partial charge is 0.164 e. The Morgan fingerprint density at radius 1 is 1.05 bits per heavy atom. The Morgan fingerprint density at radius 2 is 1.80 bits per heavy atom. The largest absolute Gasteiger partial charge is 0.466 e. The van der Waals surface area contributed by atoms with Crippen LogP contribution in [0.1, 0.15) is 37.4 Å². The number of furan rings is 1. The normalized spacial score (nSPS) is 26.6. The summed E-state index contributed by atoms with van der Waals surface area (Å²) in [5.41, 5.74) is 0.980. The third kappa shape index (κ3) is 2.50. The Balaban J connectivity index is 1.91. The molecule has 0 unspecified atom stereocenters. The molecule has 1 aliphatic heterocycles. The molecule has 3 rings (SSSR count). The summed E-state index contributed by atoms with van der Waals surface area (Å²) >= 11 is 0. The van der Waals surface area contributed by atoms with Gasteiger partial charge in [-0.1, -0.05) is 30.3 Å². The van der Waals surface area contributed by atoms with E-state index in [0.717, 1.165) is 5.56 Å². The van der Waals surface area contributed by atoms with E-state index in [4.69, 9.17) is 13.9 Å². The molecule has 106 valence electrons. The summed E-state index contributed by atoms with van der Waals surface area (Å²) in [6, 6.07) is 13.3. The molecule has 0 radical (unpaired) electrons. The number of hydrogen-bond acceptors (Lipinski definition) is 4. The third-order valence-corrected chi connectivity index (χ3v) is 3.40. The first-order chi connectivity index (χ1) is 9.57. The quantitative estimate of drug-likeness (QED) is 0.933. The first-order valence-corrected chi connectivity index (χ1v) is 6.69. The van der Waals surface area contributed by atoms with Crippen molar-refractivity contribution >= 4 is 0 Å². The summed E-state index contributed by atoms with van der Waals surface area (Å²) in [7, 11) is 0. The molecular formula is C16H18O4. The molecule has 2 heterocycles. The van der Waals surface area contributed by atoms with Gasteiger partial charge in [0, 0.05) is 0 Å². The summed E-state index contributed by atoms with van der Waals surface area (Å²) in [4.78, 5) is 0. The van der Waals surface area contributed by atoms with Gasteiger partial charge in [0.2, 0.25) is 0 Å². The van der Waals surface area contributed by atoms with E-state index in [9.17, 15) is 5.11 Å². The number of aliphatic hydroxyl groups is 1. The minimum Gasteiger partial charge on any atom is -0.466 e. The highest BCUT2D eigenvalue weighted by Gasteiger charge is 2.46. The fourth-order valence-electron chi connectivity index (χ4n) is 2.54. The zero-order valence-electron chi connectivity index (χ0n) is 11.5. The van der Waals surface area contributed by atoms with Crippen LogP contribution in [0.15, 0.2) is 53.1 Å². The summed E-state index contributed by atoms with van der Waals surface area (Å²) < 4.78 is 17.1. The van der Waals surface area contributed by atoms with Crippen LogP contribution in [0, 0.1) is 0 Å². The van der Waals surface area contributed by atoms with Crippen molar-refractivity contribution in [1.82, 2.24) is 0 Å². The molecule has 4 nitrogen and oxygen atoms in total. The highest BCUT2D eigenvalue weighted by molar-refractivity contribution is 5.21. The van der Waals surface area contributed by atoms with Crippen molar-refractivity contribution in [1.29, 1.82) is 0 Å². The van der Waals surface area contributed by atoms with Crippen LogP contribution >= 0.6 is 0 Å². The predicted molar refractivity (Wildman–Crippen MR) is 72.9 cm³/mol. The number of benzene rings is 1. The van der Waals surface area contributed by atoms with Gasteiger partial charge in [0.1, 0.15) is 24.1 Å². The van der Waals surface area contributed by atoms with Crippen molar-refractivity contribution in [2.45, 2.75) is 37.9 Å². The van der Waals surface area contributed by atoms with Crippen molar-refractivity contribution in [3.8, 4) is 0 Å². The van der Waals surface area contributed by atoms with Gasteiger partial charge < -0.3 is 19.0 Å². The second-order valence-electron chi connectivity index (χ2n) is 5.39. The summed E-state index contributed by atoms with van der Waals surface area (Å²) in [6.07, 6.45) is -0.154. The van der Waals surface area contributed by atoms with Crippen molar-refractivity contribution < 1.29 is 19.0 Å². The lowest BCUT2D eigenvalue weighted by Crippen LogP contribution is -2.26. The minimum atomic E-state index is -0.864. The molecule has 3 atom stereocenters. The van der Waals surface area contributed by atoms with Gasteiger partial charge in [-0.2, -0.15) is 0 Å². The number of rotatable bonds is 3. The zero-order valence-corrected chi connectivity index (χ0v) is 11.5. The molecule has 1 saturated heterocycles. The third-order valence-electron chi connectivity index (χ3n) is 3.40. The van der Waals surface area contributed by atoms with Gasteiger partial charge >= 0.3 is 0 Å². The second kappa shape index (κ2) is 5.05. The van der Waals surface area contributed by atoms with Gasteiger partial charge in [0.05, 0.1) is 6.26 Å². The van der Waals surface area contributed by atoms with Crippen molar-refractivity contribution in [3.05, 3.63) is 60.1 Å². The molecule has 0 aliphatic carbocycles. The van der Waals surface area contributed by atoms with E-state index in [0.29, 0.717) is 5.76 Å². The number of hydrogen-bond donors (Lipinski definition) is 1. The summed E-state index contributed by atoms with van der Waals surface area (Å²) in [6.45, 7) is 3.69. The zero-order chi connectivity index (χ0) is 14.2. The Morgan fingerprint density at radius 3 is 2.45 bits per heavy atom. The minimum absolute atomic E-state index is 0.328. The van der Waals surface area contributed by atoms with E-state index >= 15 is 0 Å². The van der Waals surface area contributed by atoms with Crippen LogP contribution in [0.4, 0.5) is 0 Å². The van der Waals surface area contributed by atoms with Crippen molar-refractivity contribution in [2.75, 3.05) is 0 Å². The van der Waals surface area contributed by atoms with Crippen LogP contribution in [-0.2, 0) is 9.47 Å². The fourth-order valence-corrected chi connectivity index (χ4v) is 2.54. The molecule has 0 bridgehead atoms. The predicted octanol–water partition coefficient (Wildman–Crippen LogP) is 3.21. The van der Waals surface area contributed by atoms with E-state index in [-0.39, 0.29) is 6.10 Å². The monoisotopic (exact) mass is 274 g/mol. The van der Waals surface area contributed by atoms with Gasteiger partial charge in [-0.25, -0.2) is 0 Å². The van der Waals surface area contributed by atoms with Gasteiger partial charge in [-0.05, 0) is 31.5 Å². The lowest BCUT2D eigenvalue weighted by atomic mass is 9.99. The summed E-state index contributed by atoms with van der Waals surface area (Å²) in [5, 5.41) is 10.5. The average molecular weight is 274 g/mol. The molecule has 1 aromatic carbocycles. The maximum absolute atomic E-state index is 10.5. The van der Waals surface area contributed by atoms with Crippen LogP contribution in [0.25, 0.3) is 0 Å². The molecular weight excluding hydrogens is 256 g/mol. The standard InChI is InChI=1S/C16H18O4/c1-16(2)19-14(11-7-4-3-5-8-11)15(20-16)13(17)12-9-6-10-18-12/h3-10,13-15,17H,1-2H3/t13-,14-,15-/m0/s1. The van der Waals surface area contributed by atoms with Gasteiger partial charge in [-0.3, -0.25) is 0 Å². The lowest BCUT2D eigenvalue weighted by molar-refractivity contribution is -0.157. The van der Waals surface area contributed by atoms with Crippen LogP contribution in [0.2, 0.25) is 0 Å². The van der Waals surface area contributed by atoms with E-state index in [2.05, 4.69) is 0 Å². The molecule has 1 fully saturated rings. The Kier molecular flexibility index (Phi) is 3.38. The molecule has 1 N–H and O–H groups in total. The molecule has 20 heavy (non-hydrogen) atoms. The average Bonchev–Trinajstić information content (AvgIpc) is 3.06. The van der Waals surface area contributed by atoms with E-state index in [1.807, 2.05) is 44.2 Å². The SMILES string of the molecule is CC1(C)O[C@@H]([C@@H](O)c2ccco2)[C@H](c2ccccc2)O1. The van der Waals surface area contributed by atoms with Gasteiger partial charge in [0.15, 0.2) is 5.79 Å². The fraction of sp³-hybridized carbons (Fsp3) is 0.375. The lowest BCUT2D eigenvalue weighted by Gasteiger charge is -2.21. The second-order valence-corrected chi connectivity index (χ2v) is 5.39. The van der Waals surface area contributed by atoms with Crippen molar-refractivity contribution in [3.63, 3.8) is 0 Å². The molecule has 0 saturated carbocycles. The van der Waals surface area contributed by atoms with Crippen LogP contribution in [0.5, 0.6) is 0 Å². The van der Waals surface area contributed by atoms with Crippen LogP contribution < -0.4 is 0 Å².